The van der Waals surface area contributed by atoms with Crippen LogP contribution in [-0.4, -0.2) is 38.0 Å². The third kappa shape index (κ3) is 4.95. The van der Waals surface area contributed by atoms with Gasteiger partial charge in [-0.15, -0.1) is 0 Å². The van der Waals surface area contributed by atoms with Gasteiger partial charge in [0, 0.05) is 36.3 Å². The Morgan fingerprint density at radius 1 is 1.03 bits per heavy atom. The van der Waals surface area contributed by atoms with Gasteiger partial charge in [0.05, 0.1) is 18.5 Å². The van der Waals surface area contributed by atoms with Crippen molar-refractivity contribution in [2.75, 3.05) is 4.90 Å². The van der Waals surface area contributed by atoms with Crippen molar-refractivity contribution in [1.82, 2.24) is 20.3 Å². The minimum absolute atomic E-state index is 0.197. The van der Waals surface area contributed by atoms with Crippen molar-refractivity contribution in [2.45, 2.75) is 56.2 Å². The zero-order valence-electron chi connectivity index (χ0n) is 21.5. The summed E-state index contributed by atoms with van der Waals surface area (Å²) in [6.07, 6.45) is 10.7. The van der Waals surface area contributed by atoms with Crippen molar-refractivity contribution in [1.29, 1.82) is 0 Å². The number of imidazole rings is 1. The molecule has 198 valence electrons. The molecule has 2 amide bonds. The Bertz CT molecular complexity index is 1430. The highest BCUT2D eigenvalue weighted by Gasteiger charge is 2.38. The minimum atomic E-state index is -1.04. The molecule has 1 fully saturated rings. The molecule has 2 heterocycles. The fourth-order valence-electron chi connectivity index (χ4n) is 5.99. The number of nitrogens with zero attached hydrogens (tertiary/aromatic N) is 3. The zero-order chi connectivity index (χ0) is 26.8. The Morgan fingerprint density at radius 3 is 2.54 bits per heavy atom. The molecular formula is C31H31N5O3. The van der Waals surface area contributed by atoms with E-state index in [1.807, 2.05) is 36.4 Å². The van der Waals surface area contributed by atoms with Crippen LogP contribution in [0.3, 0.4) is 0 Å². The number of hydrogen-bond acceptors (Lipinski definition) is 5. The van der Waals surface area contributed by atoms with Crippen molar-refractivity contribution < 1.29 is 14.7 Å². The van der Waals surface area contributed by atoms with Gasteiger partial charge < -0.3 is 15.4 Å². The molecule has 2 aromatic heterocycles. The van der Waals surface area contributed by atoms with Crippen LogP contribution in [0.15, 0.2) is 85.6 Å². The summed E-state index contributed by atoms with van der Waals surface area (Å²) in [6, 6.07) is 17.6. The standard InChI is InChI=1S/C31H31N5O3/c37-27-16-22-8-3-4-10-25(22)28(27)35-30(38)29(23-9-5-15-32-17-23)36(31(39)26-18-33-19-34-26)24-13-11-21(12-14-24)20-6-1-2-7-20/h3-5,8-15,17-20,27-29,37H,1-2,6-7,16H2,(H,33,34)(H,35,38)/t27-,28+,29?/m0/s1. The first kappa shape index (κ1) is 25.0. The molecule has 0 bridgehead atoms. The van der Waals surface area contributed by atoms with Crippen LogP contribution < -0.4 is 10.2 Å². The molecule has 0 aliphatic heterocycles. The molecule has 2 aliphatic rings. The van der Waals surface area contributed by atoms with Gasteiger partial charge in [0.25, 0.3) is 5.91 Å². The summed E-state index contributed by atoms with van der Waals surface area (Å²) in [7, 11) is 0. The second-order valence-corrected chi connectivity index (χ2v) is 10.3. The van der Waals surface area contributed by atoms with E-state index in [4.69, 9.17) is 0 Å². The van der Waals surface area contributed by atoms with Gasteiger partial charge in [-0.3, -0.25) is 19.5 Å². The van der Waals surface area contributed by atoms with Gasteiger partial charge in [0.1, 0.15) is 11.7 Å². The van der Waals surface area contributed by atoms with Gasteiger partial charge in [-0.2, -0.15) is 0 Å². The second kappa shape index (κ2) is 10.8. The average molecular weight is 522 g/mol. The zero-order valence-corrected chi connectivity index (χ0v) is 21.5. The van der Waals surface area contributed by atoms with E-state index in [0.717, 1.165) is 11.1 Å². The summed E-state index contributed by atoms with van der Waals surface area (Å²) in [5, 5.41) is 13.9. The molecule has 0 saturated heterocycles. The van der Waals surface area contributed by atoms with Crippen LogP contribution in [0.5, 0.6) is 0 Å². The summed E-state index contributed by atoms with van der Waals surface area (Å²) in [5.74, 6) is -0.301. The summed E-state index contributed by atoms with van der Waals surface area (Å²) in [5.41, 5.74) is 4.47. The number of benzene rings is 2. The average Bonchev–Trinajstić information content (AvgIpc) is 3.75. The maximum absolute atomic E-state index is 14.1. The molecule has 3 N–H and O–H groups in total. The Balaban J connectivity index is 1.40. The highest BCUT2D eigenvalue weighted by atomic mass is 16.3. The number of H-pyrrole nitrogens is 1. The number of aliphatic hydroxyl groups excluding tert-OH is 1. The normalized spacial score (nSPS) is 19.4. The summed E-state index contributed by atoms with van der Waals surface area (Å²) < 4.78 is 0. The number of fused-ring (bicyclic) bond motifs is 1. The molecule has 3 atom stereocenters. The van der Waals surface area contributed by atoms with E-state index in [1.165, 1.54) is 48.7 Å². The first-order chi connectivity index (χ1) is 19.1. The molecule has 6 rings (SSSR count). The smallest absolute Gasteiger partial charge is 0.279 e. The molecule has 1 unspecified atom stereocenters. The number of aromatic amines is 1. The molecule has 8 nitrogen and oxygen atoms in total. The van der Waals surface area contributed by atoms with Gasteiger partial charge in [-0.1, -0.05) is 55.3 Å². The molecular weight excluding hydrogens is 490 g/mol. The predicted octanol–water partition coefficient (Wildman–Crippen LogP) is 4.62. The Kier molecular flexibility index (Phi) is 6.94. The summed E-state index contributed by atoms with van der Waals surface area (Å²) in [6.45, 7) is 0. The van der Waals surface area contributed by atoms with Crippen molar-refractivity contribution in [3.05, 3.63) is 114 Å². The lowest BCUT2D eigenvalue weighted by Gasteiger charge is -2.32. The number of amides is 2. The highest BCUT2D eigenvalue weighted by Crippen LogP contribution is 2.37. The Morgan fingerprint density at radius 2 is 1.82 bits per heavy atom. The predicted molar refractivity (Wildman–Crippen MR) is 147 cm³/mol. The minimum Gasteiger partial charge on any atom is -0.390 e. The number of nitrogens with one attached hydrogen (secondary N) is 2. The molecule has 39 heavy (non-hydrogen) atoms. The Hall–Kier alpha value is -4.30. The van der Waals surface area contributed by atoms with Gasteiger partial charge in [-0.05, 0) is 53.6 Å². The van der Waals surface area contributed by atoms with Crippen molar-refractivity contribution in [3.63, 3.8) is 0 Å². The number of pyridine rings is 1. The topological polar surface area (TPSA) is 111 Å². The monoisotopic (exact) mass is 521 g/mol. The van der Waals surface area contributed by atoms with Gasteiger partial charge >= 0.3 is 0 Å². The second-order valence-electron chi connectivity index (χ2n) is 10.3. The summed E-state index contributed by atoms with van der Waals surface area (Å²) >= 11 is 0. The van der Waals surface area contributed by atoms with E-state index in [0.29, 0.717) is 23.6 Å². The van der Waals surface area contributed by atoms with Crippen LogP contribution >= 0.6 is 0 Å². The number of aromatic nitrogens is 3. The van der Waals surface area contributed by atoms with E-state index < -0.39 is 30.0 Å². The van der Waals surface area contributed by atoms with Crippen molar-refractivity contribution in [2.24, 2.45) is 0 Å². The first-order valence-corrected chi connectivity index (χ1v) is 13.5. The summed E-state index contributed by atoms with van der Waals surface area (Å²) in [4.78, 5) is 40.9. The van der Waals surface area contributed by atoms with Crippen LogP contribution in [0.4, 0.5) is 5.69 Å². The van der Waals surface area contributed by atoms with Crippen molar-refractivity contribution >= 4 is 17.5 Å². The lowest BCUT2D eigenvalue weighted by Crippen LogP contribution is -2.46. The third-order valence-electron chi connectivity index (χ3n) is 7.94. The van der Waals surface area contributed by atoms with Crippen LogP contribution in [0, 0.1) is 0 Å². The fraction of sp³-hybridized carbons (Fsp3) is 0.290. The number of carbonyl (C=O) groups is 2. The first-order valence-electron chi connectivity index (χ1n) is 13.5. The molecule has 8 heteroatoms. The Labute approximate surface area is 227 Å². The largest absolute Gasteiger partial charge is 0.390 e. The van der Waals surface area contributed by atoms with Crippen LogP contribution in [0.25, 0.3) is 0 Å². The number of carbonyl (C=O) groups excluding carboxylic acids is 2. The SMILES string of the molecule is O=C(N[C@@H]1c2ccccc2C[C@@H]1O)C(c1cccnc1)N(C(=O)c1c[nH]cn1)c1ccc(C2CCCC2)cc1. The molecule has 4 aromatic rings. The number of hydrogen-bond donors (Lipinski definition) is 3. The fourth-order valence-corrected chi connectivity index (χ4v) is 5.99. The van der Waals surface area contributed by atoms with Gasteiger partial charge in [-0.25, -0.2) is 4.98 Å². The lowest BCUT2D eigenvalue weighted by molar-refractivity contribution is -0.124. The highest BCUT2D eigenvalue weighted by molar-refractivity contribution is 6.09. The molecule has 2 aliphatic carbocycles. The van der Waals surface area contributed by atoms with E-state index in [-0.39, 0.29) is 5.69 Å². The van der Waals surface area contributed by atoms with Gasteiger partial charge in [0.15, 0.2) is 0 Å². The van der Waals surface area contributed by atoms with E-state index >= 15 is 0 Å². The number of anilines is 1. The van der Waals surface area contributed by atoms with E-state index in [9.17, 15) is 14.7 Å². The van der Waals surface area contributed by atoms with Gasteiger partial charge in [0.2, 0.25) is 5.91 Å². The van der Waals surface area contributed by atoms with Crippen LogP contribution in [-0.2, 0) is 11.2 Å². The molecule has 1 saturated carbocycles. The maximum atomic E-state index is 14.1. The van der Waals surface area contributed by atoms with Crippen LogP contribution in [0.2, 0.25) is 0 Å². The quantitative estimate of drug-likeness (QED) is 0.329. The van der Waals surface area contributed by atoms with Crippen LogP contribution in [0.1, 0.15) is 76.4 Å². The molecule has 2 aromatic carbocycles. The van der Waals surface area contributed by atoms with Crippen molar-refractivity contribution in [3.8, 4) is 0 Å². The molecule has 0 spiro atoms. The number of rotatable bonds is 7. The third-order valence-corrected chi connectivity index (χ3v) is 7.94. The van der Waals surface area contributed by atoms with E-state index in [1.54, 1.807) is 24.5 Å². The lowest BCUT2D eigenvalue weighted by atomic mass is 9.97. The molecule has 0 radical (unpaired) electrons. The number of aliphatic hydroxyl groups is 1. The van der Waals surface area contributed by atoms with E-state index in [2.05, 4.69) is 32.4 Å². The maximum Gasteiger partial charge on any atom is 0.279 e.